The fourth-order valence-electron chi connectivity index (χ4n) is 4.55. The van der Waals surface area contributed by atoms with E-state index in [1.807, 2.05) is 0 Å². The maximum Gasteiger partial charge on any atom is 0.417 e. The molecule has 0 aliphatic heterocycles. The first-order valence-corrected chi connectivity index (χ1v) is 12.8. The third kappa shape index (κ3) is 5.83. The Hall–Kier alpha value is -3.70. The topological polar surface area (TPSA) is 127 Å². The second kappa shape index (κ2) is 9.98. The maximum absolute atomic E-state index is 14.0. The van der Waals surface area contributed by atoms with Crippen molar-refractivity contribution >= 4 is 21.9 Å². The number of aryl methyl sites for hydroxylation is 1. The van der Waals surface area contributed by atoms with Gasteiger partial charge >= 0.3 is 12.1 Å². The van der Waals surface area contributed by atoms with E-state index in [9.17, 15) is 31.2 Å². The molecule has 194 valence electrons. The number of carboxylic acids is 1. The van der Waals surface area contributed by atoms with Gasteiger partial charge in [-0.05, 0) is 65.3 Å². The van der Waals surface area contributed by atoms with E-state index in [0.29, 0.717) is 18.9 Å². The number of carbonyl (C=O) groups is 2. The molecule has 0 heterocycles. The first-order valence-electron chi connectivity index (χ1n) is 11.3. The van der Waals surface area contributed by atoms with Crippen LogP contribution in [-0.2, 0) is 40.3 Å². The van der Waals surface area contributed by atoms with Gasteiger partial charge in [-0.3, -0.25) is 9.59 Å². The van der Waals surface area contributed by atoms with Crippen molar-refractivity contribution in [2.24, 2.45) is 5.73 Å². The number of carbonyl (C=O) groups excluding carboxylic acids is 1. The Morgan fingerprint density at radius 1 is 1.00 bits per heavy atom. The van der Waals surface area contributed by atoms with Crippen molar-refractivity contribution in [3.8, 4) is 11.1 Å². The molecular formula is C26H23F3N2O5S. The van der Waals surface area contributed by atoms with E-state index in [2.05, 4.69) is 4.72 Å². The summed E-state index contributed by atoms with van der Waals surface area (Å²) >= 11 is 0. The first-order chi connectivity index (χ1) is 17.3. The van der Waals surface area contributed by atoms with E-state index in [0.717, 1.165) is 22.8 Å². The van der Waals surface area contributed by atoms with Crippen molar-refractivity contribution in [1.29, 1.82) is 0 Å². The van der Waals surface area contributed by atoms with Crippen LogP contribution in [-0.4, -0.2) is 31.4 Å². The van der Waals surface area contributed by atoms with Gasteiger partial charge in [0.15, 0.2) is 0 Å². The van der Waals surface area contributed by atoms with E-state index < -0.39 is 44.6 Å². The summed E-state index contributed by atoms with van der Waals surface area (Å²) < 4.78 is 70.7. The van der Waals surface area contributed by atoms with E-state index >= 15 is 0 Å². The number of carboxylic acid groups (broad SMARTS) is 1. The zero-order valence-electron chi connectivity index (χ0n) is 19.4. The minimum absolute atomic E-state index is 0.00263. The summed E-state index contributed by atoms with van der Waals surface area (Å²) in [6.45, 7) is 0. The van der Waals surface area contributed by atoms with Gasteiger partial charge < -0.3 is 10.8 Å². The second-order valence-electron chi connectivity index (χ2n) is 8.84. The number of alkyl halides is 3. The fraction of sp³-hybridized carbons (Fsp3) is 0.231. The third-order valence-corrected chi connectivity index (χ3v) is 7.81. The summed E-state index contributed by atoms with van der Waals surface area (Å²) in [7, 11) is -4.57. The van der Waals surface area contributed by atoms with Crippen molar-refractivity contribution in [1.82, 2.24) is 4.72 Å². The Bertz CT molecular complexity index is 1490. The molecule has 0 saturated carbocycles. The molecule has 11 heteroatoms. The molecular weight excluding hydrogens is 509 g/mol. The van der Waals surface area contributed by atoms with Crippen LogP contribution in [0.4, 0.5) is 13.2 Å². The minimum atomic E-state index is -4.99. The predicted octanol–water partition coefficient (Wildman–Crippen LogP) is 3.93. The molecule has 0 spiro atoms. The van der Waals surface area contributed by atoms with Crippen LogP contribution in [0.1, 0.15) is 39.0 Å². The molecule has 1 amide bonds. The van der Waals surface area contributed by atoms with Crippen LogP contribution in [0.15, 0.2) is 65.6 Å². The van der Waals surface area contributed by atoms with Crippen LogP contribution in [0.2, 0.25) is 0 Å². The minimum Gasteiger partial charge on any atom is -0.481 e. The van der Waals surface area contributed by atoms with Gasteiger partial charge in [0, 0.05) is 18.0 Å². The number of nitrogens with one attached hydrogen (secondary N) is 1. The van der Waals surface area contributed by atoms with Crippen molar-refractivity contribution < 1.29 is 36.3 Å². The van der Waals surface area contributed by atoms with Gasteiger partial charge in [-0.2, -0.15) is 13.2 Å². The lowest BCUT2D eigenvalue weighted by Gasteiger charge is -2.18. The van der Waals surface area contributed by atoms with Gasteiger partial charge in [0.25, 0.3) is 0 Å². The van der Waals surface area contributed by atoms with Gasteiger partial charge in [-0.15, -0.1) is 0 Å². The third-order valence-electron chi connectivity index (χ3n) is 6.23. The van der Waals surface area contributed by atoms with Crippen molar-refractivity contribution in [2.45, 2.75) is 42.8 Å². The summed E-state index contributed by atoms with van der Waals surface area (Å²) in [4.78, 5) is 21.6. The van der Waals surface area contributed by atoms with Crippen LogP contribution in [0.5, 0.6) is 0 Å². The normalized spacial score (nSPS) is 15.4. The lowest BCUT2D eigenvalue weighted by atomic mass is 9.97. The Kier molecular flexibility index (Phi) is 7.11. The number of amides is 1. The first kappa shape index (κ1) is 26.4. The molecule has 37 heavy (non-hydrogen) atoms. The van der Waals surface area contributed by atoms with Gasteiger partial charge in [-0.25, -0.2) is 13.1 Å². The number of benzene rings is 3. The average Bonchev–Trinajstić information content (AvgIpc) is 3.22. The fourth-order valence-corrected chi connectivity index (χ4v) is 5.99. The Balaban J connectivity index is 1.62. The molecule has 1 atom stereocenters. The number of fused-ring (bicyclic) bond motifs is 1. The molecule has 0 saturated heterocycles. The van der Waals surface area contributed by atoms with Gasteiger partial charge in [0.1, 0.15) is 0 Å². The van der Waals surface area contributed by atoms with Crippen LogP contribution in [0.3, 0.4) is 0 Å². The summed E-state index contributed by atoms with van der Waals surface area (Å²) in [5.74, 6) is -1.76. The monoisotopic (exact) mass is 532 g/mol. The average molecular weight is 533 g/mol. The molecule has 1 aliphatic rings. The highest BCUT2D eigenvalue weighted by atomic mass is 32.2. The van der Waals surface area contributed by atoms with Crippen LogP contribution in [0.25, 0.3) is 11.1 Å². The molecule has 4 N–H and O–H groups in total. The molecule has 0 fully saturated rings. The lowest BCUT2D eigenvalue weighted by molar-refractivity contribution is -0.140. The molecule has 4 rings (SSSR count). The van der Waals surface area contributed by atoms with Gasteiger partial charge in [0.2, 0.25) is 15.9 Å². The zero-order chi connectivity index (χ0) is 27.0. The highest BCUT2D eigenvalue weighted by Gasteiger charge is 2.39. The Morgan fingerprint density at radius 2 is 1.70 bits per heavy atom. The Morgan fingerprint density at radius 3 is 2.38 bits per heavy atom. The molecule has 3 aromatic carbocycles. The number of nitrogens with two attached hydrogens (primary N) is 1. The number of halogens is 3. The largest absolute Gasteiger partial charge is 0.481 e. The lowest BCUT2D eigenvalue weighted by Crippen LogP contribution is -2.36. The van der Waals surface area contributed by atoms with Gasteiger partial charge in [-0.1, -0.05) is 42.5 Å². The van der Waals surface area contributed by atoms with Crippen molar-refractivity contribution in [3.63, 3.8) is 0 Å². The number of primary amides is 1. The molecule has 0 radical (unpaired) electrons. The van der Waals surface area contributed by atoms with Crippen molar-refractivity contribution in [2.75, 3.05) is 0 Å². The summed E-state index contributed by atoms with van der Waals surface area (Å²) in [6.07, 6.45) is -4.16. The number of sulfonamides is 1. The van der Waals surface area contributed by atoms with Crippen molar-refractivity contribution in [3.05, 3.63) is 88.5 Å². The molecule has 7 nitrogen and oxygen atoms in total. The summed E-state index contributed by atoms with van der Waals surface area (Å²) in [5.41, 5.74) is 6.62. The Labute approximate surface area is 211 Å². The summed E-state index contributed by atoms with van der Waals surface area (Å²) in [6, 6.07) is 13.4. The maximum atomic E-state index is 14.0. The highest BCUT2D eigenvalue weighted by molar-refractivity contribution is 7.89. The second-order valence-corrected chi connectivity index (χ2v) is 10.5. The summed E-state index contributed by atoms with van der Waals surface area (Å²) in [5, 5.41) is 8.87. The standard InChI is InChI=1S/C26H23F3N2O5S/c27-26(28,29)22-14-17(20-3-1-2-4-21(20)25(30)34)8-9-23(22)37(35,36)31-19-12-16-7-5-15(6-10-24(32)33)11-18(16)13-19/h1-5,7-9,11,14,19,31H,6,10,12-13H2,(H2,30,34)(H,32,33). The number of hydrogen-bond acceptors (Lipinski definition) is 4. The zero-order valence-corrected chi connectivity index (χ0v) is 20.2. The van der Waals surface area contributed by atoms with Crippen LogP contribution < -0.4 is 10.5 Å². The SMILES string of the molecule is NC(=O)c1ccccc1-c1ccc(S(=O)(=O)NC2Cc3ccc(CCC(=O)O)cc3C2)c(C(F)(F)F)c1. The molecule has 1 unspecified atom stereocenters. The molecule has 0 bridgehead atoms. The molecule has 3 aromatic rings. The molecule has 0 aromatic heterocycles. The van der Waals surface area contributed by atoms with Gasteiger partial charge in [0.05, 0.1) is 10.5 Å². The van der Waals surface area contributed by atoms with Crippen LogP contribution in [0, 0.1) is 0 Å². The quantitative estimate of drug-likeness (QED) is 0.405. The number of aliphatic carboxylic acids is 1. The number of hydrogen-bond donors (Lipinski definition) is 3. The molecule has 1 aliphatic carbocycles. The van der Waals surface area contributed by atoms with E-state index in [-0.39, 0.29) is 29.5 Å². The highest BCUT2D eigenvalue weighted by Crippen LogP contribution is 2.38. The number of rotatable bonds is 8. The predicted molar refractivity (Wildman–Crippen MR) is 129 cm³/mol. The van der Waals surface area contributed by atoms with E-state index in [4.69, 9.17) is 10.8 Å². The van der Waals surface area contributed by atoms with E-state index in [1.54, 1.807) is 18.2 Å². The van der Waals surface area contributed by atoms with E-state index in [1.165, 1.54) is 30.3 Å². The van der Waals surface area contributed by atoms with Crippen LogP contribution >= 0.6 is 0 Å². The smallest absolute Gasteiger partial charge is 0.417 e.